The van der Waals surface area contributed by atoms with Gasteiger partial charge in [-0.25, -0.2) is 8.42 Å². The van der Waals surface area contributed by atoms with E-state index in [1.165, 1.54) is 11.8 Å². The van der Waals surface area contributed by atoms with Crippen LogP contribution in [0.2, 0.25) is 5.02 Å². The lowest BCUT2D eigenvalue weighted by Gasteiger charge is -2.10. The highest BCUT2D eigenvalue weighted by molar-refractivity contribution is 7.99. The van der Waals surface area contributed by atoms with Crippen LogP contribution in [0.3, 0.4) is 0 Å². The van der Waals surface area contributed by atoms with E-state index in [4.69, 9.17) is 11.6 Å². The lowest BCUT2D eigenvalue weighted by Crippen LogP contribution is -2.16. The first-order valence-corrected chi connectivity index (χ1v) is 12.2. The van der Waals surface area contributed by atoms with E-state index in [1.807, 2.05) is 13.8 Å². The molecule has 10 heteroatoms. The molecule has 1 N–H and O–H groups in total. The monoisotopic (exact) mass is 464 g/mol. The lowest BCUT2D eigenvalue weighted by molar-refractivity contribution is -0.113. The Morgan fingerprint density at radius 2 is 1.90 bits per heavy atom. The third-order valence-corrected chi connectivity index (χ3v) is 7.16. The lowest BCUT2D eigenvalue weighted by atomic mass is 10.2. The van der Waals surface area contributed by atoms with Crippen LogP contribution in [-0.2, 0) is 26.9 Å². The first kappa shape index (κ1) is 22.3. The summed E-state index contributed by atoms with van der Waals surface area (Å²) < 4.78 is 27.0. The number of rotatable bonds is 8. The summed E-state index contributed by atoms with van der Waals surface area (Å²) >= 11 is 7.14. The normalized spacial score (nSPS) is 11.4. The predicted octanol–water partition coefficient (Wildman–Crippen LogP) is 3.96. The van der Waals surface area contributed by atoms with Crippen molar-refractivity contribution < 1.29 is 13.2 Å². The zero-order valence-electron chi connectivity index (χ0n) is 16.5. The van der Waals surface area contributed by atoms with Crippen LogP contribution in [0, 0.1) is 6.92 Å². The summed E-state index contributed by atoms with van der Waals surface area (Å²) in [5.74, 6) is 0.00701. The van der Waals surface area contributed by atoms with Gasteiger partial charge in [-0.2, -0.15) is 0 Å². The summed E-state index contributed by atoms with van der Waals surface area (Å²) in [6, 6.07) is 13.5. The van der Waals surface area contributed by atoms with Gasteiger partial charge in [-0.1, -0.05) is 41.6 Å². The number of carbonyl (C=O) groups excluding carboxylic acids is 1. The number of aromatic nitrogens is 3. The van der Waals surface area contributed by atoms with Gasteiger partial charge in [0.15, 0.2) is 15.0 Å². The van der Waals surface area contributed by atoms with Crippen molar-refractivity contribution in [2.75, 3.05) is 11.1 Å². The van der Waals surface area contributed by atoms with E-state index in [0.717, 1.165) is 5.56 Å². The van der Waals surface area contributed by atoms with Gasteiger partial charge in [0.25, 0.3) is 0 Å². The molecule has 3 aromatic rings. The second-order valence-corrected chi connectivity index (χ2v) is 9.88. The second kappa shape index (κ2) is 9.63. The van der Waals surface area contributed by atoms with E-state index < -0.39 is 9.84 Å². The first-order chi connectivity index (χ1) is 14.3. The molecule has 0 unspecified atom stereocenters. The molecular formula is C20H21ClN4O3S2. The molecule has 30 heavy (non-hydrogen) atoms. The van der Waals surface area contributed by atoms with Crippen molar-refractivity contribution in [1.82, 2.24) is 14.8 Å². The molecule has 0 spiro atoms. The van der Waals surface area contributed by atoms with Gasteiger partial charge in [0.2, 0.25) is 5.91 Å². The molecule has 1 heterocycles. The molecule has 0 fully saturated rings. The van der Waals surface area contributed by atoms with E-state index in [1.54, 1.807) is 53.1 Å². The highest BCUT2D eigenvalue weighted by Gasteiger charge is 2.21. The van der Waals surface area contributed by atoms with Crippen molar-refractivity contribution in [2.24, 2.45) is 0 Å². The molecule has 0 aliphatic carbocycles. The van der Waals surface area contributed by atoms with Crippen LogP contribution >= 0.6 is 23.4 Å². The molecule has 2 aromatic carbocycles. The number of nitrogens with zero attached hydrogens (tertiary/aromatic N) is 3. The molecule has 158 valence electrons. The molecule has 1 amide bonds. The minimum absolute atomic E-state index is 0.117. The summed E-state index contributed by atoms with van der Waals surface area (Å²) in [5.41, 5.74) is 1.56. The molecule has 0 saturated heterocycles. The van der Waals surface area contributed by atoms with E-state index >= 15 is 0 Å². The van der Waals surface area contributed by atoms with Gasteiger partial charge in [0.05, 0.1) is 10.6 Å². The fourth-order valence-electron chi connectivity index (χ4n) is 2.82. The van der Waals surface area contributed by atoms with E-state index in [2.05, 4.69) is 15.5 Å². The minimum Gasteiger partial charge on any atom is -0.325 e. The molecule has 0 aliphatic heterocycles. The van der Waals surface area contributed by atoms with Crippen LogP contribution in [0.1, 0.15) is 18.3 Å². The quantitative estimate of drug-likeness (QED) is 0.507. The van der Waals surface area contributed by atoms with E-state index in [9.17, 15) is 13.2 Å². The Labute approximate surface area is 184 Å². The highest BCUT2D eigenvalue weighted by Crippen LogP contribution is 2.23. The number of hydrogen-bond acceptors (Lipinski definition) is 6. The number of carbonyl (C=O) groups is 1. The third-order valence-electron chi connectivity index (χ3n) is 4.33. The maximum absolute atomic E-state index is 12.6. The van der Waals surface area contributed by atoms with E-state index in [-0.39, 0.29) is 22.3 Å². The maximum Gasteiger partial charge on any atom is 0.234 e. The van der Waals surface area contributed by atoms with Crippen LogP contribution in [0.4, 0.5) is 5.69 Å². The smallest absolute Gasteiger partial charge is 0.234 e. The van der Waals surface area contributed by atoms with Gasteiger partial charge in [0, 0.05) is 17.3 Å². The maximum atomic E-state index is 12.6. The molecule has 7 nitrogen and oxygen atoms in total. The van der Waals surface area contributed by atoms with Gasteiger partial charge in [0.1, 0.15) is 11.6 Å². The van der Waals surface area contributed by atoms with E-state index in [0.29, 0.717) is 28.2 Å². The zero-order valence-corrected chi connectivity index (χ0v) is 18.9. The van der Waals surface area contributed by atoms with Gasteiger partial charge >= 0.3 is 0 Å². The second-order valence-electron chi connectivity index (χ2n) is 6.51. The van der Waals surface area contributed by atoms with Crippen molar-refractivity contribution in [3.8, 4) is 0 Å². The minimum atomic E-state index is -3.54. The summed E-state index contributed by atoms with van der Waals surface area (Å²) in [5, 5.41) is 12.1. The van der Waals surface area contributed by atoms with Crippen LogP contribution in [0.25, 0.3) is 0 Å². The SMILES string of the molecule is CCn1c(CS(=O)(=O)c2ccccc2)nnc1SCC(=O)Nc1ccc(Cl)cc1C. The van der Waals surface area contributed by atoms with Crippen molar-refractivity contribution in [2.45, 2.75) is 36.2 Å². The van der Waals surface area contributed by atoms with Gasteiger partial charge in [-0.15, -0.1) is 10.2 Å². The highest BCUT2D eigenvalue weighted by atomic mass is 35.5. The number of halogens is 1. The summed E-state index contributed by atoms with van der Waals surface area (Å²) in [6.45, 7) is 4.23. The van der Waals surface area contributed by atoms with Crippen LogP contribution < -0.4 is 5.32 Å². The van der Waals surface area contributed by atoms with Crippen molar-refractivity contribution >= 4 is 44.8 Å². The molecule has 0 saturated carbocycles. The summed E-state index contributed by atoms with van der Waals surface area (Å²) in [4.78, 5) is 12.6. The standard InChI is InChI=1S/C20H21ClN4O3S2/c1-3-25-18(13-30(27,28)16-7-5-4-6-8-16)23-24-20(25)29-12-19(26)22-17-10-9-15(21)11-14(17)2/h4-11H,3,12-13H2,1-2H3,(H,22,26). The van der Waals surface area contributed by atoms with Crippen LogP contribution in [0.15, 0.2) is 58.6 Å². The fraction of sp³-hybridized carbons (Fsp3) is 0.250. The largest absolute Gasteiger partial charge is 0.325 e. The number of aryl methyl sites for hydroxylation is 1. The number of sulfone groups is 1. The number of hydrogen-bond donors (Lipinski definition) is 1. The predicted molar refractivity (Wildman–Crippen MR) is 119 cm³/mol. The topological polar surface area (TPSA) is 93.9 Å². The number of anilines is 1. The van der Waals surface area contributed by atoms with Gasteiger partial charge in [-0.3, -0.25) is 4.79 Å². The van der Waals surface area contributed by atoms with Crippen molar-refractivity contribution in [3.05, 3.63) is 64.9 Å². The van der Waals surface area contributed by atoms with Crippen LogP contribution in [-0.4, -0.2) is 34.8 Å². The van der Waals surface area contributed by atoms with Crippen LogP contribution in [0.5, 0.6) is 0 Å². The molecule has 0 bridgehead atoms. The first-order valence-electron chi connectivity index (χ1n) is 9.19. The Bertz CT molecular complexity index is 1150. The molecule has 0 atom stereocenters. The fourth-order valence-corrected chi connectivity index (χ4v) is 5.15. The molecule has 0 aliphatic rings. The number of thioether (sulfide) groups is 1. The Morgan fingerprint density at radius 1 is 1.17 bits per heavy atom. The number of nitrogens with one attached hydrogen (secondary N) is 1. The Kier molecular flexibility index (Phi) is 7.17. The Hall–Kier alpha value is -2.36. The van der Waals surface area contributed by atoms with Gasteiger partial charge < -0.3 is 9.88 Å². The molecular weight excluding hydrogens is 444 g/mol. The Balaban J connectivity index is 1.67. The van der Waals surface area contributed by atoms with Crippen molar-refractivity contribution in [3.63, 3.8) is 0 Å². The molecule has 3 rings (SSSR count). The number of amides is 1. The zero-order chi connectivity index (χ0) is 21.7. The molecule has 0 radical (unpaired) electrons. The average Bonchev–Trinajstić information content (AvgIpc) is 3.10. The summed E-state index contributed by atoms with van der Waals surface area (Å²) in [6.07, 6.45) is 0. The molecule has 1 aromatic heterocycles. The Morgan fingerprint density at radius 3 is 2.57 bits per heavy atom. The number of benzene rings is 2. The van der Waals surface area contributed by atoms with Crippen molar-refractivity contribution in [1.29, 1.82) is 0 Å². The van der Waals surface area contributed by atoms with Gasteiger partial charge in [-0.05, 0) is 49.7 Å². The summed E-state index contributed by atoms with van der Waals surface area (Å²) in [7, 11) is -3.54. The third kappa shape index (κ3) is 5.41. The average molecular weight is 465 g/mol.